The number of halogens is 4. The van der Waals surface area contributed by atoms with Gasteiger partial charge in [-0.25, -0.2) is 9.18 Å². The minimum absolute atomic E-state index is 0.0338. The number of amides is 2. The van der Waals surface area contributed by atoms with Crippen LogP contribution in [0, 0.1) is 5.82 Å². The Labute approximate surface area is 213 Å². The Kier molecular flexibility index (Phi) is 8.61. The first-order valence-corrected chi connectivity index (χ1v) is 11.1. The summed E-state index contributed by atoms with van der Waals surface area (Å²) in [7, 11) is 1.40. The summed E-state index contributed by atoms with van der Waals surface area (Å²) in [5, 5.41) is 14.6. The lowest BCUT2D eigenvalue weighted by Crippen LogP contribution is -2.36. The smallest absolute Gasteiger partial charge is 0.505 e. The zero-order valence-electron chi connectivity index (χ0n) is 20.1. The number of urea groups is 1. The van der Waals surface area contributed by atoms with Crippen LogP contribution in [0.15, 0.2) is 59.5 Å². The number of ether oxygens (including phenoxy) is 2. The second kappa shape index (κ2) is 11.7. The highest BCUT2D eigenvalue weighted by atomic mass is 19.4. The quantitative estimate of drug-likeness (QED) is 0.285. The third kappa shape index (κ3) is 7.48. The molecule has 0 unspecified atom stereocenters. The number of carbonyl (C=O) groups is 2. The van der Waals surface area contributed by atoms with Crippen LogP contribution >= 0.6 is 0 Å². The van der Waals surface area contributed by atoms with Crippen molar-refractivity contribution in [3.05, 3.63) is 76.5 Å². The number of carbonyl (C=O) groups excluding carboxylic acids is 2. The molecule has 9 nitrogen and oxygen atoms in total. The van der Waals surface area contributed by atoms with Crippen LogP contribution < -0.4 is 20.9 Å². The van der Waals surface area contributed by atoms with Gasteiger partial charge in [-0.2, -0.15) is 0 Å². The number of alkyl halides is 3. The molecule has 0 fully saturated rings. The van der Waals surface area contributed by atoms with Crippen molar-refractivity contribution >= 4 is 17.7 Å². The fraction of sp³-hybridized carbons (Fsp3) is 0.240. The Bertz CT molecular complexity index is 1390. The molecule has 2 amide bonds. The monoisotopic (exact) mass is 537 g/mol. The molecule has 0 aliphatic rings. The van der Waals surface area contributed by atoms with Gasteiger partial charge in [0.2, 0.25) is 0 Å². The molecule has 2 aromatic carbocycles. The SMILES string of the molecule is CCOC(=O)C[C@H](NC(=O)Nc1c(O)ccn(C)c1=O)c1cc(F)cc(-c2cccc(OC(F)(F)F)c2)c1. The molecule has 0 saturated carbocycles. The fourth-order valence-corrected chi connectivity index (χ4v) is 3.54. The predicted octanol–water partition coefficient (Wildman–Crippen LogP) is 4.61. The third-order valence-electron chi connectivity index (χ3n) is 5.19. The van der Waals surface area contributed by atoms with E-state index in [2.05, 4.69) is 15.4 Å². The molecule has 13 heteroatoms. The standard InChI is InChI=1S/C25H23F4N3O6/c1-3-37-21(34)13-19(30-24(36)31-22-20(33)7-8-32(2)23(22)35)16-9-15(10-17(26)11-16)14-5-4-6-18(12-14)38-25(27,28)29/h4-12,19,33H,3,13H2,1-2H3,(H2,30,31,36)/t19-/m0/s1. The van der Waals surface area contributed by atoms with Gasteiger partial charge in [-0.1, -0.05) is 12.1 Å². The molecule has 1 heterocycles. The van der Waals surface area contributed by atoms with Gasteiger partial charge >= 0.3 is 18.4 Å². The molecule has 0 saturated heterocycles. The molecule has 0 spiro atoms. The number of rotatable bonds is 8. The maximum absolute atomic E-state index is 14.6. The van der Waals surface area contributed by atoms with Gasteiger partial charge in [-0.15, -0.1) is 13.2 Å². The number of benzene rings is 2. The fourth-order valence-electron chi connectivity index (χ4n) is 3.54. The third-order valence-corrected chi connectivity index (χ3v) is 5.19. The molecule has 0 radical (unpaired) electrons. The van der Waals surface area contributed by atoms with Gasteiger partial charge < -0.3 is 29.8 Å². The van der Waals surface area contributed by atoms with Crippen LogP contribution in [0.3, 0.4) is 0 Å². The predicted molar refractivity (Wildman–Crippen MR) is 128 cm³/mol. The van der Waals surface area contributed by atoms with Gasteiger partial charge in [-0.3, -0.25) is 9.59 Å². The van der Waals surface area contributed by atoms with Crippen LogP contribution in [0.5, 0.6) is 11.5 Å². The molecule has 3 aromatic rings. The highest BCUT2D eigenvalue weighted by Crippen LogP contribution is 2.31. The van der Waals surface area contributed by atoms with Crippen LogP contribution in [0.4, 0.5) is 28.0 Å². The number of esters is 1. The van der Waals surface area contributed by atoms with Crippen molar-refractivity contribution in [1.29, 1.82) is 0 Å². The highest BCUT2D eigenvalue weighted by molar-refractivity contribution is 5.91. The average Bonchev–Trinajstić information content (AvgIpc) is 2.83. The Balaban J connectivity index is 1.95. The summed E-state index contributed by atoms with van der Waals surface area (Å²) in [6.07, 6.45) is -4.09. The minimum atomic E-state index is -4.93. The minimum Gasteiger partial charge on any atom is -0.505 e. The zero-order valence-corrected chi connectivity index (χ0v) is 20.1. The number of anilines is 1. The molecule has 0 aliphatic carbocycles. The van der Waals surface area contributed by atoms with Gasteiger partial charge in [0.05, 0.1) is 19.1 Å². The Morgan fingerprint density at radius 2 is 1.84 bits per heavy atom. The highest BCUT2D eigenvalue weighted by Gasteiger charge is 2.31. The van der Waals surface area contributed by atoms with Crippen molar-refractivity contribution in [2.75, 3.05) is 11.9 Å². The van der Waals surface area contributed by atoms with E-state index in [-0.39, 0.29) is 23.3 Å². The summed E-state index contributed by atoms with van der Waals surface area (Å²) in [5.41, 5.74) is -0.752. The van der Waals surface area contributed by atoms with E-state index in [1.54, 1.807) is 6.92 Å². The topological polar surface area (TPSA) is 119 Å². The number of aromatic nitrogens is 1. The second-order valence-electron chi connectivity index (χ2n) is 8.00. The summed E-state index contributed by atoms with van der Waals surface area (Å²) in [5.74, 6) is -2.56. The first-order chi connectivity index (χ1) is 17.9. The lowest BCUT2D eigenvalue weighted by molar-refractivity contribution is -0.274. The van der Waals surface area contributed by atoms with Gasteiger partial charge in [0.15, 0.2) is 5.69 Å². The van der Waals surface area contributed by atoms with E-state index < -0.39 is 59.4 Å². The van der Waals surface area contributed by atoms with Crippen molar-refractivity contribution in [2.45, 2.75) is 25.7 Å². The molecular formula is C25H23F4N3O6. The number of pyridine rings is 1. The Morgan fingerprint density at radius 1 is 1.11 bits per heavy atom. The van der Waals surface area contributed by atoms with Crippen molar-refractivity contribution in [1.82, 2.24) is 9.88 Å². The van der Waals surface area contributed by atoms with E-state index in [1.165, 1.54) is 37.5 Å². The van der Waals surface area contributed by atoms with Gasteiger partial charge in [0.25, 0.3) is 5.56 Å². The van der Waals surface area contributed by atoms with Crippen LogP contribution in [-0.2, 0) is 16.6 Å². The zero-order chi connectivity index (χ0) is 28.0. The van der Waals surface area contributed by atoms with Gasteiger partial charge in [0.1, 0.15) is 17.3 Å². The van der Waals surface area contributed by atoms with Gasteiger partial charge in [0, 0.05) is 13.2 Å². The maximum Gasteiger partial charge on any atom is 0.573 e. The van der Waals surface area contributed by atoms with E-state index >= 15 is 0 Å². The van der Waals surface area contributed by atoms with Crippen LogP contribution in [-0.4, -0.2) is 34.6 Å². The number of aromatic hydroxyl groups is 1. The van der Waals surface area contributed by atoms with E-state index in [1.807, 2.05) is 0 Å². The van der Waals surface area contributed by atoms with E-state index in [0.29, 0.717) is 0 Å². The summed E-state index contributed by atoms with van der Waals surface area (Å²) < 4.78 is 62.5. The average molecular weight is 537 g/mol. The van der Waals surface area contributed by atoms with Crippen molar-refractivity contribution in [2.24, 2.45) is 7.05 Å². The van der Waals surface area contributed by atoms with E-state index in [0.717, 1.165) is 28.8 Å². The molecule has 202 valence electrons. The number of hydrogen-bond acceptors (Lipinski definition) is 6. The maximum atomic E-state index is 14.6. The van der Waals surface area contributed by atoms with Crippen molar-refractivity contribution in [3.8, 4) is 22.6 Å². The molecule has 1 atom stereocenters. The van der Waals surface area contributed by atoms with E-state index in [4.69, 9.17) is 4.74 Å². The first-order valence-electron chi connectivity index (χ1n) is 11.1. The largest absolute Gasteiger partial charge is 0.573 e. The summed E-state index contributed by atoms with van der Waals surface area (Å²) in [6.45, 7) is 1.60. The molecule has 38 heavy (non-hydrogen) atoms. The lowest BCUT2D eigenvalue weighted by atomic mass is 9.97. The number of nitrogens with zero attached hydrogens (tertiary/aromatic N) is 1. The number of nitrogens with one attached hydrogen (secondary N) is 2. The van der Waals surface area contributed by atoms with Crippen LogP contribution in [0.2, 0.25) is 0 Å². The van der Waals surface area contributed by atoms with Crippen LogP contribution in [0.25, 0.3) is 11.1 Å². The van der Waals surface area contributed by atoms with Crippen molar-refractivity contribution < 1.29 is 41.7 Å². The summed E-state index contributed by atoms with van der Waals surface area (Å²) >= 11 is 0. The first kappa shape index (κ1) is 28.0. The summed E-state index contributed by atoms with van der Waals surface area (Å²) in [4.78, 5) is 37.2. The molecular weight excluding hydrogens is 514 g/mol. The molecule has 3 rings (SSSR count). The second-order valence-corrected chi connectivity index (χ2v) is 8.00. The Hall–Kier alpha value is -4.55. The number of aryl methyl sites for hydroxylation is 1. The van der Waals surface area contributed by atoms with E-state index in [9.17, 15) is 37.1 Å². The van der Waals surface area contributed by atoms with Crippen LogP contribution in [0.1, 0.15) is 24.9 Å². The normalized spacial score (nSPS) is 11.9. The summed E-state index contributed by atoms with van der Waals surface area (Å²) in [6, 6.07) is 7.31. The Morgan fingerprint density at radius 3 is 2.53 bits per heavy atom. The van der Waals surface area contributed by atoms with Crippen molar-refractivity contribution in [3.63, 3.8) is 0 Å². The lowest BCUT2D eigenvalue weighted by Gasteiger charge is -2.20. The molecule has 3 N–H and O–H groups in total. The van der Waals surface area contributed by atoms with Gasteiger partial charge in [-0.05, 0) is 60.0 Å². The molecule has 0 bridgehead atoms. The number of hydrogen-bond donors (Lipinski definition) is 3. The molecule has 1 aromatic heterocycles. The molecule has 0 aliphatic heterocycles.